The molecule has 0 radical (unpaired) electrons. The van der Waals surface area contributed by atoms with Crippen LogP contribution in [0.3, 0.4) is 0 Å². The number of non-ortho nitro benzene ring substituents is 1. The first-order valence-electron chi connectivity index (χ1n) is 6.95. The van der Waals surface area contributed by atoms with Gasteiger partial charge in [-0.25, -0.2) is 4.68 Å². The zero-order valence-corrected chi connectivity index (χ0v) is 13.1. The fourth-order valence-corrected chi connectivity index (χ4v) is 2.70. The SMILES string of the molecule is Cc1[nH]c(=S)n(Nc2cccc([N+](=O)[O-])c2)c1-c1ccccc1. The molecule has 2 N–H and O–H groups in total. The fraction of sp³-hybridized carbons (Fsp3) is 0.0625. The molecule has 0 spiro atoms. The largest absolute Gasteiger partial charge is 0.333 e. The molecule has 23 heavy (non-hydrogen) atoms. The predicted molar refractivity (Wildman–Crippen MR) is 91.9 cm³/mol. The first-order valence-corrected chi connectivity index (χ1v) is 7.35. The van der Waals surface area contributed by atoms with Crippen LogP contribution in [0.1, 0.15) is 5.69 Å². The van der Waals surface area contributed by atoms with Crippen LogP contribution >= 0.6 is 12.2 Å². The number of benzene rings is 2. The van der Waals surface area contributed by atoms with Gasteiger partial charge in [0.2, 0.25) is 0 Å². The number of hydrogen-bond donors (Lipinski definition) is 2. The van der Waals surface area contributed by atoms with Crippen molar-refractivity contribution < 1.29 is 4.92 Å². The second-order valence-electron chi connectivity index (χ2n) is 5.02. The molecule has 3 aromatic rings. The zero-order chi connectivity index (χ0) is 16.4. The highest BCUT2D eigenvalue weighted by molar-refractivity contribution is 7.71. The lowest BCUT2D eigenvalue weighted by Gasteiger charge is -2.12. The van der Waals surface area contributed by atoms with E-state index >= 15 is 0 Å². The van der Waals surface area contributed by atoms with Crippen LogP contribution in [-0.4, -0.2) is 14.6 Å². The van der Waals surface area contributed by atoms with Crippen molar-refractivity contribution in [2.24, 2.45) is 0 Å². The van der Waals surface area contributed by atoms with Crippen molar-refractivity contribution in [1.82, 2.24) is 9.66 Å². The molecule has 0 fully saturated rings. The average molecular weight is 326 g/mol. The van der Waals surface area contributed by atoms with Gasteiger partial charge in [-0.2, -0.15) is 0 Å². The van der Waals surface area contributed by atoms with Gasteiger partial charge in [-0.3, -0.25) is 15.5 Å². The summed E-state index contributed by atoms with van der Waals surface area (Å²) in [6.07, 6.45) is 0. The molecule has 1 heterocycles. The Hall–Kier alpha value is -2.93. The standard InChI is InChI=1S/C16H14N4O2S/c1-11-15(12-6-3-2-4-7-12)19(16(23)17-11)18-13-8-5-9-14(10-13)20(21)22/h2-10,18H,1H3,(H,17,23). The summed E-state index contributed by atoms with van der Waals surface area (Å²) in [5, 5.41) is 10.9. The van der Waals surface area contributed by atoms with Gasteiger partial charge in [0.05, 0.1) is 16.3 Å². The molecule has 0 saturated heterocycles. The minimum atomic E-state index is -0.426. The molecule has 0 bridgehead atoms. The van der Waals surface area contributed by atoms with Gasteiger partial charge in [-0.05, 0) is 25.2 Å². The van der Waals surface area contributed by atoms with E-state index in [0.717, 1.165) is 17.0 Å². The Morgan fingerprint density at radius 3 is 2.61 bits per heavy atom. The van der Waals surface area contributed by atoms with E-state index < -0.39 is 4.92 Å². The minimum absolute atomic E-state index is 0.0232. The van der Waals surface area contributed by atoms with Gasteiger partial charge >= 0.3 is 0 Å². The Morgan fingerprint density at radius 2 is 1.91 bits per heavy atom. The van der Waals surface area contributed by atoms with Gasteiger partial charge in [-0.15, -0.1) is 0 Å². The van der Waals surface area contributed by atoms with E-state index in [-0.39, 0.29) is 5.69 Å². The number of hydrogen-bond acceptors (Lipinski definition) is 4. The molecule has 0 aliphatic heterocycles. The monoisotopic (exact) mass is 326 g/mol. The number of rotatable bonds is 4. The van der Waals surface area contributed by atoms with Gasteiger partial charge in [0, 0.05) is 23.4 Å². The highest BCUT2D eigenvalue weighted by atomic mass is 32.1. The van der Waals surface area contributed by atoms with Crippen LogP contribution < -0.4 is 5.43 Å². The van der Waals surface area contributed by atoms with E-state index in [9.17, 15) is 10.1 Å². The Morgan fingerprint density at radius 1 is 1.17 bits per heavy atom. The highest BCUT2D eigenvalue weighted by Crippen LogP contribution is 2.25. The molecular formula is C16H14N4O2S. The van der Waals surface area contributed by atoms with Crippen LogP contribution in [0.2, 0.25) is 0 Å². The quantitative estimate of drug-likeness (QED) is 0.426. The number of nitrogens with one attached hydrogen (secondary N) is 2. The Kier molecular flexibility index (Phi) is 3.94. The maximum atomic E-state index is 10.9. The maximum absolute atomic E-state index is 10.9. The lowest BCUT2D eigenvalue weighted by molar-refractivity contribution is -0.384. The molecule has 3 rings (SSSR count). The van der Waals surface area contributed by atoms with E-state index in [4.69, 9.17) is 12.2 Å². The van der Waals surface area contributed by atoms with Crippen molar-refractivity contribution in [3.63, 3.8) is 0 Å². The van der Waals surface area contributed by atoms with E-state index in [2.05, 4.69) is 10.4 Å². The van der Waals surface area contributed by atoms with Crippen LogP contribution in [0, 0.1) is 21.8 Å². The number of H-pyrrole nitrogens is 1. The van der Waals surface area contributed by atoms with Crippen LogP contribution in [0.5, 0.6) is 0 Å². The van der Waals surface area contributed by atoms with Gasteiger partial charge in [0.25, 0.3) is 5.69 Å². The smallest absolute Gasteiger partial charge is 0.271 e. The summed E-state index contributed by atoms with van der Waals surface area (Å²) in [6.45, 7) is 1.93. The van der Waals surface area contributed by atoms with Crippen molar-refractivity contribution in [2.45, 2.75) is 6.92 Å². The van der Waals surface area contributed by atoms with Gasteiger partial charge in [0.15, 0.2) is 4.77 Å². The summed E-state index contributed by atoms with van der Waals surface area (Å²) in [6, 6.07) is 16.1. The lowest BCUT2D eigenvalue weighted by Crippen LogP contribution is -2.11. The summed E-state index contributed by atoms with van der Waals surface area (Å²) >= 11 is 5.35. The summed E-state index contributed by atoms with van der Waals surface area (Å²) in [4.78, 5) is 13.6. The predicted octanol–water partition coefficient (Wildman–Crippen LogP) is 4.30. The first kappa shape index (κ1) is 15.0. The molecule has 116 valence electrons. The molecule has 0 unspecified atom stereocenters. The molecule has 1 aromatic heterocycles. The van der Waals surface area contributed by atoms with E-state index in [0.29, 0.717) is 10.5 Å². The third kappa shape index (κ3) is 3.00. The number of imidazole rings is 1. The molecule has 0 aliphatic carbocycles. The normalized spacial score (nSPS) is 10.5. The Balaban J connectivity index is 2.06. The molecule has 6 nitrogen and oxygen atoms in total. The number of aromatic nitrogens is 2. The van der Waals surface area contributed by atoms with Crippen molar-refractivity contribution in [2.75, 3.05) is 5.43 Å². The van der Waals surface area contributed by atoms with E-state index in [1.165, 1.54) is 12.1 Å². The maximum Gasteiger partial charge on any atom is 0.271 e. The summed E-state index contributed by atoms with van der Waals surface area (Å²) in [7, 11) is 0. The van der Waals surface area contributed by atoms with Crippen molar-refractivity contribution in [3.05, 3.63) is 75.2 Å². The van der Waals surface area contributed by atoms with Crippen LogP contribution in [0.25, 0.3) is 11.3 Å². The minimum Gasteiger partial charge on any atom is -0.333 e. The zero-order valence-electron chi connectivity index (χ0n) is 12.3. The highest BCUT2D eigenvalue weighted by Gasteiger charge is 2.12. The number of nitro groups is 1. The van der Waals surface area contributed by atoms with Gasteiger partial charge in [-0.1, -0.05) is 36.4 Å². The van der Waals surface area contributed by atoms with Crippen molar-refractivity contribution in [1.29, 1.82) is 0 Å². The average Bonchev–Trinajstić information content (AvgIpc) is 2.82. The number of anilines is 1. The molecule has 2 aromatic carbocycles. The second-order valence-corrected chi connectivity index (χ2v) is 5.41. The van der Waals surface area contributed by atoms with Crippen LogP contribution in [-0.2, 0) is 0 Å². The van der Waals surface area contributed by atoms with Crippen molar-refractivity contribution >= 4 is 23.6 Å². The third-order valence-corrected chi connectivity index (χ3v) is 3.71. The number of nitrogens with zero attached hydrogens (tertiary/aromatic N) is 2. The number of aromatic amines is 1. The van der Waals surface area contributed by atoms with Crippen LogP contribution in [0.15, 0.2) is 54.6 Å². The Bertz CT molecular complexity index is 915. The lowest BCUT2D eigenvalue weighted by atomic mass is 10.1. The third-order valence-electron chi connectivity index (χ3n) is 3.42. The summed E-state index contributed by atoms with van der Waals surface area (Å²) in [5.41, 5.74) is 6.55. The molecule has 0 saturated carbocycles. The molecular weight excluding hydrogens is 312 g/mol. The fourth-order valence-electron chi connectivity index (χ4n) is 2.41. The molecule has 0 aliphatic rings. The number of aryl methyl sites for hydroxylation is 1. The Labute approximate surface area is 137 Å². The molecule has 0 atom stereocenters. The van der Waals surface area contributed by atoms with Crippen molar-refractivity contribution in [3.8, 4) is 11.3 Å². The summed E-state index contributed by atoms with van der Waals surface area (Å²) < 4.78 is 2.21. The second kappa shape index (κ2) is 6.05. The number of nitro benzene ring substituents is 1. The van der Waals surface area contributed by atoms with E-state index in [1.54, 1.807) is 16.8 Å². The summed E-state index contributed by atoms with van der Waals surface area (Å²) in [5.74, 6) is 0. The van der Waals surface area contributed by atoms with E-state index in [1.807, 2.05) is 37.3 Å². The first-order chi connectivity index (χ1) is 11.1. The molecule has 7 heteroatoms. The van der Waals surface area contributed by atoms with Crippen LogP contribution in [0.4, 0.5) is 11.4 Å². The van der Waals surface area contributed by atoms with Gasteiger partial charge in [0.1, 0.15) is 0 Å². The molecule has 0 amide bonds. The topological polar surface area (TPSA) is 75.9 Å². The van der Waals surface area contributed by atoms with Gasteiger partial charge < -0.3 is 4.98 Å².